The molecule has 0 saturated carbocycles. The second-order valence-corrected chi connectivity index (χ2v) is 6.93. The molecule has 0 aliphatic rings. The van der Waals surface area contributed by atoms with Gasteiger partial charge in [-0.2, -0.15) is 0 Å². The Hall–Kier alpha value is -3.60. The van der Waals surface area contributed by atoms with E-state index in [1.165, 1.54) is 0 Å². The van der Waals surface area contributed by atoms with Gasteiger partial charge in [0.05, 0.1) is 24.4 Å². The van der Waals surface area contributed by atoms with E-state index in [9.17, 15) is 0 Å². The van der Waals surface area contributed by atoms with E-state index >= 15 is 0 Å². The second kappa shape index (κ2) is 8.19. The van der Waals surface area contributed by atoms with Crippen molar-refractivity contribution in [1.82, 2.24) is 9.97 Å². The zero-order valence-electron chi connectivity index (χ0n) is 16.7. The molecule has 29 heavy (non-hydrogen) atoms. The van der Waals surface area contributed by atoms with Gasteiger partial charge in [0.2, 0.25) is 0 Å². The third kappa shape index (κ3) is 4.14. The number of para-hydroxylation sites is 3. The summed E-state index contributed by atoms with van der Waals surface area (Å²) in [5.41, 5.74) is 2.65. The molecule has 0 saturated heterocycles. The van der Waals surface area contributed by atoms with E-state index in [4.69, 9.17) is 19.4 Å². The molecule has 5 heteroatoms. The molecule has 5 nitrogen and oxygen atoms in total. The molecule has 0 unspecified atom stereocenters. The molecule has 0 aliphatic carbocycles. The Kier molecular flexibility index (Phi) is 5.29. The number of aromatic nitrogens is 2. The molecule has 1 aromatic heterocycles. The highest BCUT2D eigenvalue weighted by molar-refractivity contribution is 5.92. The summed E-state index contributed by atoms with van der Waals surface area (Å²) in [5, 5.41) is 4.36. The summed E-state index contributed by atoms with van der Waals surface area (Å²) in [5.74, 6) is 2.97. The highest BCUT2D eigenvalue weighted by atomic mass is 16.5. The molecule has 0 amide bonds. The first kappa shape index (κ1) is 18.7. The molecule has 0 radical (unpaired) electrons. The van der Waals surface area contributed by atoms with Crippen LogP contribution in [0.1, 0.15) is 13.8 Å². The zero-order valence-corrected chi connectivity index (χ0v) is 16.7. The van der Waals surface area contributed by atoms with Crippen molar-refractivity contribution in [2.45, 2.75) is 20.0 Å². The van der Waals surface area contributed by atoms with Crippen molar-refractivity contribution < 1.29 is 9.47 Å². The lowest BCUT2D eigenvalue weighted by Gasteiger charge is -2.14. The maximum Gasteiger partial charge on any atom is 0.162 e. The lowest BCUT2D eigenvalue weighted by Crippen LogP contribution is -2.05. The number of hydrogen-bond donors (Lipinski definition) is 1. The Morgan fingerprint density at radius 2 is 1.55 bits per heavy atom. The molecule has 146 valence electrons. The maximum absolute atomic E-state index is 5.74. The van der Waals surface area contributed by atoms with Gasteiger partial charge in [-0.15, -0.1) is 0 Å². The minimum absolute atomic E-state index is 0.134. The molecule has 0 fully saturated rings. The molecule has 1 heterocycles. The molecule has 4 aromatic rings. The van der Waals surface area contributed by atoms with Gasteiger partial charge in [-0.1, -0.05) is 24.3 Å². The van der Waals surface area contributed by atoms with Gasteiger partial charge < -0.3 is 14.8 Å². The van der Waals surface area contributed by atoms with Crippen molar-refractivity contribution in [3.8, 4) is 22.9 Å². The predicted octanol–water partition coefficient (Wildman–Crippen LogP) is 5.84. The first-order chi connectivity index (χ1) is 14.1. The van der Waals surface area contributed by atoms with Gasteiger partial charge >= 0.3 is 0 Å². The summed E-state index contributed by atoms with van der Waals surface area (Å²) in [6.45, 7) is 4.02. The van der Waals surface area contributed by atoms with Crippen LogP contribution < -0.4 is 14.8 Å². The average Bonchev–Trinajstić information content (AvgIpc) is 2.74. The average molecular weight is 385 g/mol. The van der Waals surface area contributed by atoms with Crippen LogP contribution in [0.4, 0.5) is 11.5 Å². The fourth-order valence-electron chi connectivity index (χ4n) is 3.13. The number of anilines is 2. The monoisotopic (exact) mass is 385 g/mol. The van der Waals surface area contributed by atoms with Crippen molar-refractivity contribution in [2.24, 2.45) is 0 Å². The molecular weight excluding hydrogens is 362 g/mol. The Morgan fingerprint density at radius 3 is 2.31 bits per heavy atom. The number of fused-ring (bicyclic) bond motifs is 1. The second-order valence-electron chi connectivity index (χ2n) is 6.93. The number of benzene rings is 3. The summed E-state index contributed by atoms with van der Waals surface area (Å²) in [6.07, 6.45) is 0.134. The third-order valence-corrected chi connectivity index (χ3v) is 4.45. The Bertz CT molecular complexity index is 1120. The van der Waals surface area contributed by atoms with Crippen LogP contribution in [0.5, 0.6) is 11.5 Å². The number of rotatable bonds is 6. The van der Waals surface area contributed by atoms with Crippen molar-refractivity contribution in [3.63, 3.8) is 0 Å². The van der Waals surface area contributed by atoms with Gasteiger partial charge in [-0.3, -0.25) is 0 Å². The number of hydrogen-bond acceptors (Lipinski definition) is 5. The zero-order chi connectivity index (χ0) is 20.2. The van der Waals surface area contributed by atoms with Crippen LogP contribution in [0.25, 0.3) is 22.3 Å². The summed E-state index contributed by atoms with van der Waals surface area (Å²) in [7, 11) is 1.66. The van der Waals surface area contributed by atoms with Crippen LogP contribution in [-0.2, 0) is 0 Å². The van der Waals surface area contributed by atoms with Crippen molar-refractivity contribution in [1.29, 1.82) is 0 Å². The number of nitrogens with one attached hydrogen (secondary N) is 1. The highest BCUT2D eigenvalue weighted by Crippen LogP contribution is 2.31. The minimum atomic E-state index is 0.134. The Balaban J connectivity index is 1.76. The van der Waals surface area contributed by atoms with E-state index in [1.807, 2.05) is 86.6 Å². The summed E-state index contributed by atoms with van der Waals surface area (Å²) in [4.78, 5) is 9.57. The number of nitrogens with zero attached hydrogens (tertiary/aromatic N) is 2. The molecule has 4 rings (SSSR count). The van der Waals surface area contributed by atoms with Crippen molar-refractivity contribution in [3.05, 3.63) is 72.8 Å². The predicted molar refractivity (Wildman–Crippen MR) is 117 cm³/mol. The van der Waals surface area contributed by atoms with Gasteiger partial charge in [0, 0.05) is 10.9 Å². The van der Waals surface area contributed by atoms with E-state index in [-0.39, 0.29) is 6.10 Å². The number of ether oxygens (including phenoxy) is 2. The van der Waals surface area contributed by atoms with E-state index in [1.54, 1.807) is 7.11 Å². The molecule has 0 atom stereocenters. The lowest BCUT2D eigenvalue weighted by molar-refractivity contribution is 0.242. The number of methoxy groups -OCH3 is 1. The van der Waals surface area contributed by atoms with E-state index < -0.39 is 0 Å². The topological polar surface area (TPSA) is 56.3 Å². The first-order valence-electron chi connectivity index (χ1n) is 9.58. The molecule has 0 aliphatic heterocycles. The lowest BCUT2D eigenvalue weighted by atomic mass is 10.1. The van der Waals surface area contributed by atoms with E-state index in [2.05, 4.69) is 5.32 Å². The van der Waals surface area contributed by atoms with Crippen LogP contribution >= 0.6 is 0 Å². The van der Waals surface area contributed by atoms with Crippen LogP contribution in [0.3, 0.4) is 0 Å². The Labute approximate surface area is 170 Å². The van der Waals surface area contributed by atoms with Gasteiger partial charge in [-0.05, 0) is 62.4 Å². The fraction of sp³-hybridized carbons (Fsp3) is 0.167. The highest BCUT2D eigenvalue weighted by Gasteiger charge is 2.12. The first-order valence-corrected chi connectivity index (χ1v) is 9.58. The Morgan fingerprint density at radius 1 is 0.828 bits per heavy atom. The molecule has 1 N–H and O–H groups in total. The summed E-state index contributed by atoms with van der Waals surface area (Å²) in [6, 6.07) is 23.6. The standard InChI is InChI=1S/C24H23N3O2/c1-16(2)29-18-14-12-17(13-15-18)23-25-20-9-5-4-8-19(20)24(27-23)26-21-10-6-7-11-22(21)28-3/h4-16H,1-3H3,(H,25,26,27). The normalized spacial score (nSPS) is 10.9. The van der Waals surface area contributed by atoms with Crippen LogP contribution in [-0.4, -0.2) is 23.2 Å². The SMILES string of the molecule is COc1ccccc1Nc1nc(-c2ccc(OC(C)C)cc2)nc2ccccc12. The van der Waals surface area contributed by atoms with Crippen molar-refractivity contribution >= 4 is 22.4 Å². The molecule has 0 spiro atoms. The smallest absolute Gasteiger partial charge is 0.162 e. The summed E-state index contributed by atoms with van der Waals surface area (Å²) >= 11 is 0. The van der Waals surface area contributed by atoms with Crippen LogP contribution in [0, 0.1) is 0 Å². The van der Waals surface area contributed by atoms with Gasteiger partial charge in [0.25, 0.3) is 0 Å². The molecular formula is C24H23N3O2. The molecule has 3 aromatic carbocycles. The fourth-order valence-corrected chi connectivity index (χ4v) is 3.13. The third-order valence-electron chi connectivity index (χ3n) is 4.45. The van der Waals surface area contributed by atoms with E-state index in [0.717, 1.165) is 39.5 Å². The maximum atomic E-state index is 5.74. The van der Waals surface area contributed by atoms with Crippen LogP contribution in [0.2, 0.25) is 0 Å². The molecule has 0 bridgehead atoms. The summed E-state index contributed by atoms with van der Waals surface area (Å²) < 4.78 is 11.2. The van der Waals surface area contributed by atoms with E-state index in [0.29, 0.717) is 5.82 Å². The quantitative estimate of drug-likeness (QED) is 0.452. The minimum Gasteiger partial charge on any atom is -0.495 e. The largest absolute Gasteiger partial charge is 0.495 e. The van der Waals surface area contributed by atoms with Gasteiger partial charge in [0.1, 0.15) is 17.3 Å². The van der Waals surface area contributed by atoms with Crippen LogP contribution in [0.15, 0.2) is 72.8 Å². The van der Waals surface area contributed by atoms with Crippen molar-refractivity contribution in [2.75, 3.05) is 12.4 Å². The van der Waals surface area contributed by atoms with Gasteiger partial charge in [0.15, 0.2) is 5.82 Å². The van der Waals surface area contributed by atoms with Gasteiger partial charge in [-0.25, -0.2) is 9.97 Å².